The zero-order valence-electron chi connectivity index (χ0n) is 5.46. The second kappa shape index (κ2) is 2.92. The van der Waals surface area contributed by atoms with Crippen LogP contribution in [0.4, 0.5) is 0 Å². The Balaban J connectivity index is 2.80. The van der Waals surface area contributed by atoms with E-state index >= 15 is 0 Å². The van der Waals surface area contributed by atoms with E-state index in [1.807, 2.05) is 12.2 Å². The average molecular weight is 138 g/mol. The SMILES string of the molecule is CC1=CC=C(S)C=CC1. The molecule has 1 rings (SSSR count). The molecule has 9 heavy (non-hydrogen) atoms. The Labute approximate surface area is 61.4 Å². The maximum atomic E-state index is 4.20. The lowest BCUT2D eigenvalue weighted by molar-refractivity contribution is 1.22. The van der Waals surface area contributed by atoms with Crippen molar-refractivity contribution < 1.29 is 0 Å². The summed E-state index contributed by atoms with van der Waals surface area (Å²) >= 11 is 4.20. The first-order chi connectivity index (χ1) is 4.29. The minimum Gasteiger partial charge on any atom is -0.143 e. The lowest BCUT2D eigenvalue weighted by Crippen LogP contribution is -1.66. The molecule has 1 aliphatic carbocycles. The van der Waals surface area contributed by atoms with Crippen LogP contribution in [0.25, 0.3) is 0 Å². The van der Waals surface area contributed by atoms with Gasteiger partial charge in [-0.3, -0.25) is 0 Å². The molecule has 0 aromatic heterocycles. The highest BCUT2D eigenvalue weighted by Crippen LogP contribution is 2.11. The minimum absolute atomic E-state index is 1.03. The topological polar surface area (TPSA) is 0 Å². The third kappa shape index (κ3) is 2.10. The molecular formula is C8H10S. The average Bonchev–Trinajstić information content (AvgIpc) is 1.97. The standard InChI is InChI=1S/C8H10S/c1-7-3-2-4-8(9)6-5-7/h2,4-6,9H,3H2,1H3. The monoisotopic (exact) mass is 138 g/mol. The lowest BCUT2D eigenvalue weighted by atomic mass is 10.2. The predicted octanol–water partition coefficient (Wildman–Crippen LogP) is 2.71. The molecule has 0 fully saturated rings. The molecule has 0 unspecified atom stereocenters. The molecule has 0 saturated heterocycles. The molecule has 0 aromatic carbocycles. The minimum atomic E-state index is 1.03. The van der Waals surface area contributed by atoms with Crippen molar-refractivity contribution in [2.75, 3.05) is 0 Å². The maximum Gasteiger partial charge on any atom is 0.00369 e. The number of allylic oxidation sites excluding steroid dienone is 5. The van der Waals surface area contributed by atoms with Gasteiger partial charge in [-0.05, 0) is 19.4 Å². The second-order valence-electron chi connectivity index (χ2n) is 2.21. The zero-order valence-corrected chi connectivity index (χ0v) is 6.36. The molecule has 0 aliphatic heterocycles. The summed E-state index contributed by atoms with van der Waals surface area (Å²) in [7, 11) is 0. The largest absolute Gasteiger partial charge is 0.143 e. The van der Waals surface area contributed by atoms with E-state index in [9.17, 15) is 0 Å². The van der Waals surface area contributed by atoms with Crippen LogP contribution in [-0.2, 0) is 0 Å². The highest BCUT2D eigenvalue weighted by atomic mass is 32.1. The van der Waals surface area contributed by atoms with Gasteiger partial charge in [-0.25, -0.2) is 0 Å². The van der Waals surface area contributed by atoms with Crippen LogP contribution in [0, 0.1) is 0 Å². The number of hydrogen-bond donors (Lipinski definition) is 1. The fraction of sp³-hybridized carbons (Fsp3) is 0.250. The highest BCUT2D eigenvalue weighted by Gasteiger charge is 1.88. The fourth-order valence-electron chi connectivity index (χ4n) is 0.717. The molecule has 0 N–H and O–H groups in total. The third-order valence-electron chi connectivity index (χ3n) is 1.27. The van der Waals surface area contributed by atoms with Crippen LogP contribution in [0.5, 0.6) is 0 Å². The van der Waals surface area contributed by atoms with E-state index in [2.05, 4.69) is 31.7 Å². The summed E-state index contributed by atoms with van der Waals surface area (Å²) in [5.41, 5.74) is 1.38. The van der Waals surface area contributed by atoms with Gasteiger partial charge in [-0.2, -0.15) is 0 Å². The van der Waals surface area contributed by atoms with Crippen molar-refractivity contribution >= 4 is 12.6 Å². The van der Waals surface area contributed by atoms with Crippen molar-refractivity contribution in [3.63, 3.8) is 0 Å². The first-order valence-corrected chi connectivity index (χ1v) is 3.47. The van der Waals surface area contributed by atoms with Crippen LogP contribution < -0.4 is 0 Å². The molecule has 1 aliphatic rings. The molecule has 1 heteroatoms. The van der Waals surface area contributed by atoms with Crippen LogP contribution in [0.3, 0.4) is 0 Å². The van der Waals surface area contributed by atoms with Gasteiger partial charge < -0.3 is 0 Å². The molecule has 0 saturated carbocycles. The van der Waals surface area contributed by atoms with Crippen LogP contribution in [0.2, 0.25) is 0 Å². The van der Waals surface area contributed by atoms with Crippen LogP contribution in [0.1, 0.15) is 13.3 Å². The van der Waals surface area contributed by atoms with Crippen molar-refractivity contribution in [2.45, 2.75) is 13.3 Å². The molecule has 0 nitrogen and oxygen atoms in total. The summed E-state index contributed by atoms with van der Waals surface area (Å²) in [6, 6.07) is 0. The Morgan fingerprint density at radius 1 is 1.44 bits per heavy atom. The van der Waals surface area contributed by atoms with Crippen molar-refractivity contribution in [3.05, 3.63) is 34.8 Å². The van der Waals surface area contributed by atoms with Crippen molar-refractivity contribution in [1.29, 1.82) is 0 Å². The normalized spacial score (nSPS) is 18.4. The summed E-state index contributed by atoms with van der Waals surface area (Å²) in [4.78, 5) is 1.03. The molecule has 0 amide bonds. The van der Waals surface area contributed by atoms with Crippen molar-refractivity contribution in [1.82, 2.24) is 0 Å². The molecular weight excluding hydrogens is 128 g/mol. The number of rotatable bonds is 0. The van der Waals surface area contributed by atoms with Gasteiger partial charge in [-0.1, -0.05) is 23.8 Å². The molecule has 0 radical (unpaired) electrons. The van der Waals surface area contributed by atoms with Gasteiger partial charge in [0.15, 0.2) is 0 Å². The summed E-state index contributed by atoms with van der Waals surface area (Å²) in [6.07, 6.45) is 9.32. The fourth-order valence-corrected chi connectivity index (χ4v) is 0.897. The Morgan fingerprint density at radius 2 is 2.22 bits per heavy atom. The zero-order chi connectivity index (χ0) is 6.69. The second-order valence-corrected chi connectivity index (χ2v) is 2.73. The van der Waals surface area contributed by atoms with Gasteiger partial charge in [0.25, 0.3) is 0 Å². The number of thiol groups is 1. The first kappa shape index (κ1) is 6.69. The molecule has 0 atom stereocenters. The van der Waals surface area contributed by atoms with E-state index in [-0.39, 0.29) is 0 Å². The van der Waals surface area contributed by atoms with Crippen LogP contribution in [0.15, 0.2) is 34.8 Å². The quantitative estimate of drug-likeness (QED) is 0.489. The van der Waals surface area contributed by atoms with Gasteiger partial charge in [-0.15, -0.1) is 12.6 Å². The Hall–Kier alpha value is -0.430. The summed E-state index contributed by atoms with van der Waals surface area (Å²) < 4.78 is 0. The van der Waals surface area contributed by atoms with Gasteiger partial charge in [0.1, 0.15) is 0 Å². The van der Waals surface area contributed by atoms with E-state index in [0.717, 1.165) is 11.3 Å². The lowest BCUT2D eigenvalue weighted by Gasteiger charge is -1.86. The Morgan fingerprint density at radius 3 is 3.00 bits per heavy atom. The van der Waals surface area contributed by atoms with E-state index in [1.54, 1.807) is 0 Å². The van der Waals surface area contributed by atoms with Gasteiger partial charge in [0, 0.05) is 4.91 Å². The Bertz CT molecular complexity index is 185. The van der Waals surface area contributed by atoms with E-state index in [0.29, 0.717) is 0 Å². The van der Waals surface area contributed by atoms with Crippen LogP contribution in [-0.4, -0.2) is 0 Å². The van der Waals surface area contributed by atoms with E-state index in [4.69, 9.17) is 0 Å². The predicted molar refractivity (Wildman–Crippen MR) is 44.6 cm³/mol. The van der Waals surface area contributed by atoms with Crippen molar-refractivity contribution in [2.24, 2.45) is 0 Å². The third-order valence-corrected chi connectivity index (χ3v) is 1.57. The first-order valence-electron chi connectivity index (χ1n) is 3.02. The maximum absolute atomic E-state index is 4.20. The molecule has 0 bridgehead atoms. The molecule has 0 spiro atoms. The summed E-state index contributed by atoms with van der Waals surface area (Å²) in [5.74, 6) is 0. The Kier molecular flexibility index (Phi) is 2.17. The smallest absolute Gasteiger partial charge is 0.00369 e. The molecule has 0 heterocycles. The highest BCUT2D eigenvalue weighted by molar-refractivity contribution is 7.84. The van der Waals surface area contributed by atoms with Gasteiger partial charge in [0.2, 0.25) is 0 Å². The summed E-state index contributed by atoms with van der Waals surface area (Å²) in [5, 5.41) is 0. The summed E-state index contributed by atoms with van der Waals surface area (Å²) in [6.45, 7) is 2.12. The molecule has 0 aromatic rings. The number of hydrogen-bond acceptors (Lipinski definition) is 1. The van der Waals surface area contributed by atoms with Gasteiger partial charge in [0.05, 0.1) is 0 Å². The molecule has 48 valence electrons. The van der Waals surface area contributed by atoms with Gasteiger partial charge >= 0.3 is 0 Å². The van der Waals surface area contributed by atoms with Crippen molar-refractivity contribution in [3.8, 4) is 0 Å². The van der Waals surface area contributed by atoms with E-state index < -0.39 is 0 Å². The van der Waals surface area contributed by atoms with Crippen LogP contribution >= 0.6 is 12.6 Å². The van der Waals surface area contributed by atoms with E-state index in [1.165, 1.54) is 5.57 Å².